The molecule has 1 N–H and O–H groups in total. The molecule has 0 bridgehead atoms. The number of carbonyl (C=O) groups is 1. The van der Waals surface area contributed by atoms with Crippen molar-refractivity contribution in [2.75, 3.05) is 39.7 Å². The maximum Gasteiger partial charge on any atom is 0.255 e. The molecule has 1 heterocycles. The highest BCUT2D eigenvalue weighted by Crippen LogP contribution is 2.29. The Morgan fingerprint density at radius 2 is 1.94 bits per heavy atom. The van der Waals surface area contributed by atoms with Crippen molar-refractivity contribution in [3.63, 3.8) is 0 Å². The molecule has 1 aliphatic heterocycles. The fraction of sp³-hybridized carbons (Fsp3) is 0.409. The SMILES string of the molecule is COc1ccc(C(=O)Nc2ccccc2OCC2CCCCO2)cc1S(=O)(=O)N(C)C. The summed E-state index contributed by atoms with van der Waals surface area (Å²) in [5, 5.41) is 2.81. The van der Waals surface area contributed by atoms with Gasteiger partial charge in [0.25, 0.3) is 5.91 Å². The third-order valence-corrected chi connectivity index (χ3v) is 6.85. The first-order valence-corrected chi connectivity index (χ1v) is 11.5. The summed E-state index contributed by atoms with van der Waals surface area (Å²) in [6.45, 7) is 1.14. The molecule has 1 aliphatic rings. The molecule has 2 aromatic carbocycles. The molecule has 0 spiro atoms. The van der Waals surface area contributed by atoms with Crippen LogP contribution in [-0.4, -0.2) is 59.2 Å². The summed E-state index contributed by atoms with van der Waals surface area (Å²) >= 11 is 0. The standard InChI is InChI=1S/C22H28N2O6S/c1-24(2)31(26,27)21-14-16(11-12-20(21)28-3)22(25)23-18-9-4-5-10-19(18)30-15-17-8-6-7-13-29-17/h4-5,9-12,14,17H,6-8,13,15H2,1-3H3,(H,23,25). The highest BCUT2D eigenvalue weighted by Gasteiger charge is 2.24. The molecule has 1 atom stereocenters. The first-order chi connectivity index (χ1) is 14.8. The van der Waals surface area contributed by atoms with Crippen molar-refractivity contribution in [1.29, 1.82) is 0 Å². The first-order valence-electron chi connectivity index (χ1n) is 10.1. The minimum Gasteiger partial charge on any atom is -0.495 e. The second kappa shape index (κ2) is 10.1. The molecule has 1 amide bonds. The van der Waals surface area contributed by atoms with Gasteiger partial charge in [0.15, 0.2) is 0 Å². The van der Waals surface area contributed by atoms with Gasteiger partial charge < -0.3 is 19.5 Å². The minimum atomic E-state index is -3.79. The van der Waals surface area contributed by atoms with Crippen LogP contribution in [0, 0.1) is 0 Å². The quantitative estimate of drug-likeness (QED) is 0.667. The lowest BCUT2D eigenvalue weighted by Gasteiger charge is -2.23. The zero-order valence-electron chi connectivity index (χ0n) is 18.0. The van der Waals surface area contributed by atoms with E-state index in [4.69, 9.17) is 14.2 Å². The van der Waals surface area contributed by atoms with Crippen LogP contribution in [0.5, 0.6) is 11.5 Å². The van der Waals surface area contributed by atoms with Gasteiger partial charge in [-0.2, -0.15) is 0 Å². The van der Waals surface area contributed by atoms with Crippen molar-refractivity contribution in [2.45, 2.75) is 30.3 Å². The van der Waals surface area contributed by atoms with Gasteiger partial charge >= 0.3 is 0 Å². The van der Waals surface area contributed by atoms with Crippen LogP contribution in [0.1, 0.15) is 29.6 Å². The van der Waals surface area contributed by atoms with E-state index in [1.165, 1.54) is 39.4 Å². The maximum absolute atomic E-state index is 12.9. The Labute approximate surface area is 183 Å². The zero-order chi connectivity index (χ0) is 22.4. The Hall–Kier alpha value is -2.62. The molecule has 8 nitrogen and oxygen atoms in total. The molecule has 9 heteroatoms. The summed E-state index contributed by atoms with van der Waals surface area (Å²) < 4.78 is 43.1. The molecule has 31 heavy (non-hydrogen) atoms. The molecule has 0 aromatic heterocycles. The number of para-hydroxylation sites is 2. The van der Waals surface area contributed by atoms with E-state index < -0.39 is 15.9 Å². The van der Waals surface area contributed by atoms with E-state index in [9.17, 15) is 13.2 Å². The number of sulfonamides is 1. The molecule has 1 unspecified atom stereocenters. The Morgan fingerprint density at radius 1 is 1.16 bits per heavy atom. The van der Waals surface area contributed by atoms with E-state index in [1.807, 2.05) is 6.07 Å². The Bertz CT molecular complexity index is 1020. The zero-order valence-corrected chi connectivity index (χ0v) is 18.8. The normalized spacial score (nSPS) is 16.7. The highest BCUT2D eigenvalue weighted by atomic mass is 32.2. The first kappa shape index (κ1) is 23.1. The summed E-state index contributed by atoms with van der Waals surface area (Å²) in [6, 6.07) is 11.4. The number of methoxy groups -OCH3 is 1. The van der Waals surface area contributed by atoms with Gasteiger partial charge in [-0.25, -0.2) is 12.7 Å². The van der Waals surface area contributed by atoms with E-state index in [2.05, 4.69) is 5.32 Å². The van der Waals surface area contributed by atoms with Crippen LogP contribution >= 0.6 is 0 Å². The average Bonchev–Trinajstić information content (AvgIpc) is 2.78. The van der Waals surface area contributed by atoms with Crippen LogP contribution in [-0.2, 0) is 14.8 Å². The Kier molecular flexibility index (Phi) is 7.53. The van der Waals surface area contributed by atoms with Gasteiger partial charge in [0.1, 0.15) is 23.0 Å². The fourth-order valence-corrected chi connectivity index (χ4v) is 4.30. The molecule has 0 radical (unpaired) electrons. The number of anilines is 1. The topological polar surface area (TPSA) is 94.2 Å². The van der Waals surface area contributed by atoms with Gasteiger partial charge in [0.05, 0.1) is 18.9 Å². The van der Waals surface area contributed by atoms with Crippen molar-refractivity contribution >= 4 is 21.6 Å². The predicted octanol–water partition coefficient (Wildman–Crippen LogP) is 3.15. The van der Waals surface area contributed by atoms with E-state index in [1.54, 1.807) is 18.2 Å². The molecule has 3 rings (SSSR count). The second-order valence-corrected chi connectivity index (χ2v) is 9.52. The lowest BCUT2D eigenvalue weighted by molar-refractivity contribution is -0.0109. The summed E-state index contributed by atoms with van der Waals surface area (Å²) in [5.74, 6) is 0.240. The molecule has 168 valence electrons. The third-order valence-electron chi connectivity index (χ3n) is 5.02. The minimum absolute atomic E-state index is 0.0397. The van der Waals surface area contributed by atoms with Gasteiger partial charge in [-0.1, -0.05) is 12.1 Å². The monoisotopic (exact) mass is 448 g/mol. The van der Waals surface area contributed by atoms with Gasteiger partial charge in [0.2, 0.25) is 10.0 Å². The number of benzene rings is 2. The van der Waals surface area contributed by atoms with Crippen molar-refractivity contribution in [1.82, 2.24) is 4.31 Å². The van der Waals surface area contributed by atoms with Crippen molar-refractivity contribution < 1.29 is 27.4 Å². The van der Waals surface area contributed by atoms with Crippen LogP contribution < -0.4 is 14.8 Å². The van der Waals surface area contributed by atoms with Gasteiger partial charge in [-0.15, -0.1) is 0 Å². The van der Waals surface area contributed by atoms with Crippen LogP contribution in [0.4, 0.5) is 5.69 Å². The van der Waals surface area contributed by atoms with Gasteiger partial charge in [0, 0.05) is 26.3 Å². The van der Waals surface area contributed by atoms with Crippen LogP contribution in [0.25, 0.3) is 0 Å². The molecule has 1 fully saturated rings. The maximum atomic E-state index is 12.9. The second-order valence-electron chi connectivity index (χ2n) is 7.40. The molecule has 0 aliphatic carbocycles. The van der Waals surface area contributed by atoms with E-state index in [-0.39, 0.29) is 22.3 Å². The lowest BCUT2D eigenvalue weighted by Crippen LogP contribution is -2.26. The molecular weight excluding hydrogens is 420 g/mol. The number of rotatable bonds is 8. The van der Waals surface area contributed by atoms with Crippen LogP contribution in [0.3, 0.4) is 0 Å². The molecule has 0 saturated carbocycles. The third kappa shape index (κ3) is 5.55. The Balaban J connectivity index is 1.79. The van der Waals surface area contributed by atoms with Gasteiger partial charge in [-0.05, 0) is 49.6 Å². The summed E-state index contributed by atoms with van der Waals surface area (Å²) in [4.78, 5) is 12.8. The van der Waals surface area contributed by atoms with Gasteiger partial charge in [-0.3, -0.25) is 4.79 Å². The van der Waals surface area contributed by atoms with Crippen molar-refractivity contribution in [2.24, 2.45) is 0 Å². The van der Waals surface area contributed by atoms with E-state index in [0.29, 0.717) is 18.0 Å². The fourth-order valence-electron chi connectivity index (χ4n) is 3.23. The van der Waals surface area contributed by atoms with Crippen LogP contribution in [0.15, 0.2) is 47.4 Å². The number of nitrogens with one attached hydrogen (secondary N) is 1. The van der Waals surface area contributed by atoms with Crippen LogP contribution in [0.2, 0.25) is 0 Å². The molecule has 2 aromatic rings. The number of nitrogens with zero attached hydrogens (tertiary/aromatic N) is 1. The average molecular weight is 449 g/mol. The van der Waals surface area contributed by atoms with E-state index >= 15 is 0 Å². The summed E-state index contributed by atoms with van der Waals surface area (Å²) in [6.07, 6.45) is 3.17. The lowest BCUT2D eigenvalue weighted by atomic mass is 10.1. The summed E-state index contributed by atoms with van der Waals surface area (Å²) in [7, 11) is 0.438. The van der Waals surface area contributed by atoms with Crippen molar-refractivity contribution in [3.8, 4) is 11.5 Å². The summed E-state index contributed by atoms with van der Waals surface area (Å²) in [5.41, 5.74) is 0.683. The highest BCUT2D eigenvalue weighted by molar-refractivity contribution is 7.89. The number of hydrogen-bond donors (Lipinski definition) is 1. The van der Waals surface area contributed by atoms with Crippen molar-refractivity contribution in [3.05, 3.63) is 48.0 Å². The molecule has 1 saturated heterocycles. The number of hydrogen-bond acceptors (Lipinski definition) is 6. The smallest absolute Gasteiger partial charge is 0.255 e. The Morgan fingerprint density at radius 3 is 2.61 bits per heavy atom. The largest absolute Gasteiger partial charge is 0.495 e. The number of carbonyl (C=O) groups excluding carboxylic acids is 1. The molecular formula is C22H28N2O6S. The predicted molar refractivity (Wildman–Crippen MR) is 117 cm³/mol. The number of amides is 1. The van der Waals surface area contributed by atoms with E-state index in [0.717, 1.165) is 30.2 Å². The number of ether oxygens (including phenoxy) is 3.